The van der Waals surface area contributed by atoms with E-state index in [2.05, 4.69) is 0 Å². The fourth-order valence-electron chi connectivity index (χ4n) is 4.45. The molecular weight excluding hydrogens is 464 g/mol. The molecule has 0 radical (unpaired) electrons. The molecule has 2 aliphatic heterocycles. The number of hydrogen-bond donors (Lipinski definition) is 2. The molecule has 0 bridgehead atoms. The van der Waals surface area contributed by atoms with Gasteiger partial charge in [-0.15, -0.1) is 0 Å². The summed E-state index contributed by atoms with van der Waals surface area (Å²) in [5.74, 6) is -0.437. The van der Waals surface area contributed by atoms with Gasteiger partial charge in [-0.2, -0.15) is 0 Å². The molecule has 2 aliphatic rings. The van der Waals surface area contributed by atoms with Gasteiger partial charge in [0, 0.05) is 17.5 Å². The van der Waals surface area contributed by atoms with Crippen LogP contribution in [0.3, 0.4) is 0 Å². The van der Waals surface area contributed by atoms with Crippen molar-refractivity contribution in [3.8, 4) is 39.9 Å². The second-order valence-corrected chi connectivity index (χ2v) is 8.41. The van der Waals surface area contributed by atoms with Crippen LogP contribution in [0.1, 0.15) is 23.5 Å². The third-order valence-electron chi connectivity index (χ3n) is 6.00. The topological polar surface area (TPSA) is 115 Å². The normalized spacial score (nSPS) is 16.4. The van der Waals surface area contributed by atoms with Gasteiger partial charge >= 0.3 is 5.97 Å². The lowest BCUT2D eigenvalue weighted by Crippen LogP contribution is -2.22. The number of hydrogen-bond acceptors (Lipinski definition) is 8. The smallest absolute Gasteiger partial charge is 0.312 e. The summed E-state index contributed by atoms with van der Waals surface area (Å²) >= 11 is 6.37. The minimum Gasteiger partial charge on any atom is -0.508 e. The Balaban J connectivity index is 1.59. The minimum absolute atomic E-state index is 0.0352. The molecule has 0 spiro atoms. The van der Waals surface area contributed by atoms with E-state index < -0.39 is 17.3 Å². The van der Waals surface area contributed by atoms with Crippen LogP contribution in [0.5, 0.6) is 28.7 Å². The summed E-state index contributed by atoms with van der Waals surface area (Å²) < 4.78 is 22.1. The predicted molar refractivity (Wildman–Crippen MR) is 121 cm³/mol. The van der Waals surface area contributed by atoms with Crippen molar-refractivity contribution in [2.75, 3.05) is 6.79 Å². The molecule has 3 heterocycles. The molecule has 0 saturated carbocycles. The molecule has 0 saturated heterocycles. The summed E-state index contributed by atoms with van der Waals surface area (Å²) in [4.78, 5) is 25.8. The van der Waals surface area contributed by atoms with Gasteiger partial charge in [-0.3, -0.25) is 9.59 Å². The Morgan fingerprint density at radius 1 is 0.971 bits per heavy atom. The summed E-state index contributed by atoms with van der Waals surface area (Å²) in [7, 11) is 0. The van der Waals surface area contributed by atoms with Crippen molar-refractivity contribution in [3.05, 3.63) is 75.1 Å². The average molecular weight is 479 g/mol. The number of phenols is 2. The van der Waals surface area contributed by atoms with Gasteiger partial charge in [0.2, 0.25) is 12.2 Å². The van der Waals surface area contributed by atoms with E-state index in [0.717, 1.165) is 0 Å². The molecule has 1 atom stereocenters. The summed E-state index contributed by atoms with van der Waals surface area (Å²) in [5, 5.41) is 20.5. The van der Waals surface area contributed by atoms with Gasteiger partial charge in [0.1, 0.15) is 34.5 Å². The molecule has 8 nitrogen and oxygen atoms in total. The zero-order chi connectivity index (χ0) is 23.6. The lowest BCUT2D eigenvalue weighted by atomic mass is 9.84. The molecule has 3 aromatic carbocycles. The first-order chi connectivity index (χ1) is 16.4. The Labute approximate surface area is 196 Å². The van der Waals surface area contributed by atoms with Crippen LogP contribution in [0.4, 0.5) is 0 Å². The number of ether oxygens (including phenoxy) is 3. The van der Waals surface area contributed by atoms with Gasteiger partial charge in [-0.1, -0.05) is 23.7 Å². The number of benzene rings is 3. The highest BCUT2D eigenvalue weighted by Crippen LogP contribution is 2.49. The number of rotatable bonds is 2. The Morgan fingerprint density at radius 3 is 2.56 bits per heavy atom. The quantitative estimate of drug-likeness (QED) is 0.315. The maximum Gasteiger partial charge on any atom is 0.312 e. The van der Waals surface area contributed by atoms with E-state index in [0.29, 0.717) is 33.2 Å². The lowest BCUT2D eigenvalue weighted by Gasteiger charge is -2.26. The highest BCUT2D eigenvalue weighted by molar-refractivity contribution is 6.32. The van der Waals surface area contributed by atoms with E-state index in [9.17, 15) is 19.8 Å². The van der Waals surface area contributed by atoms with Gasteiger partial charge < -0.3 is 28.8 Å². The number of carbonyl (C=O) groups is 1. The first-order valence-corrected chi connectivity index (χ1v) is 10.7. The van der Waals surface area contributed by atoms with Crippen molar-refractivity contribution in [1.29, 1.82) is 0 Å². The molecule has 0 amide bonds. The molecule has 1 unspecified atom stereocenters. The summed E-state index contributed by atoms with van der Waals surface area (Å²) in [6.07, 6.45) is 1.25. The third kappa shape index (κ3) is 3.07. The molecule has 6 rings (SSSR count). The number of phenolic OH excluding ortho intramolecular Hbond substituents is 2. The fraction of sp³-hybridized carbons (Fsp3) is 0.120. The summed E-state index contributed by atoms with van der Waals surface area (Å²) in [5.41, 5.74) is 1.44. The maximum atomic E-state index is 13.4. The van der Waals surface area contributed by atoms with Crippen LogP contribution in [0.15, 0.2) is 57.9 Å². The van der Waals surface area contributed by atoms with Gasteiger partial charge in [-0.05, 0) is 35.4 Å². The van der Waals surface area contributed by atoms with Crippen molar-refractivity contribution in [2.24, 2.45) is 0 Å². The largest absolute Gasteiger partial charge is 0.508 e. The third-order valence-corrected chi connectivity index (χ3v) is 6.28. The SMILES string of the molecule is O=C1CC(c2cc(Cl)c3c(c2)OCO3)c2c(cc(O)c3c(=O)c(-c4ccc(O)cc4)coc23)O1. The highest BCUT2D eigenvalue weighted by Gasteiger charge is 2.35. The van der Waals surface area contributed by atoms with Crippen LogP contribution in [-0.4, -0.2) is 23.0 Å². The van der Waals surface area contributed by atoms with Gasteiger partial charge in [0.15, 0.2) is 11.5 Å². The lowest BCUT2D eigenvalue weighted by molar-refractivity contribution is -0.135. The minimum atomic E-state index is -0.575. The Morgan fingerprint density at radius 2 is 1.76 bits per heavy atom. The molecule has 34 heavy (non-hydrogen) atoms. The van der Waals surface area contributed by atoms with Crippen molar-refractivity contribution in [3.63, 3.8) is 0 Å². The van der Waals surface area contributed by atoms with Crippen LogP contribution in [0.25, 0.3) is 22.1 Å². The number of aromatic hydroxyl groups is 2. The van der Waals surface area contributed by atoms with Crippen LogP contribution in [0.2, 0.25) is 5.02 Å². The molecule has 0 fully saturated rings. The Kier molecular flexibility index (Phi) is 4.46. The van der Waals surface area contributed by atoms with Crippen LogP contribution in [0, 0.1) is 0 Å². The van der Waals surface area contributed by atoms with E-state index in [-0.39, 0.29) is 47.0 Å². The molecule has 4 aromatic rings. The van der Waals surface area contributed by atoms with Crippen molar-refractivity contribution in [1.82, 2.24) is 0 Å². The second-order valence-electron chi connectivity index (χ2n) is 8.00. The van der Waals surface area contributed by atoms with Gasteiger partial charge in [0.25, 0.3) is 0 Å². The number of halogens is 1. The zero-order valence-corrected chi connectivity index (χ0v) is 18.1. The first kappa shape index (κ1) is 20.4. The van der Waals surface area contributed by atoms with Crippen molar-refractivity contribution in [2.45, 2.75) is 12.3 Å². The van der Waals surface area contributed by atoms with E-state index in [1.54, 1.807) is 24.3 Å². The van der Waals surface area contributed by atoms with E-state index in [1.165, 1.54) is 24.5 Å². The molecular formula is C25H15ClO8. The Hall–Kier alpha value is -4.17. The highest BCUT2D eigenvalue weighted by atomic mass is 35.5. The standard InChI is InChI=1S/C25H15ClO8/c26-16-5-12(6-19-24(16)33-10-32-19)14-7-20(29)34-18-8-17(28)22-23(30)15(9-31-25(22)21(14)18)11-1-3-13(27)4-2-11/h1-6,8-9,14,27-28H,7,10H2. The van der Waals surface area contributed by atoms with Gasteiger partial charge in [-0.25, -0.2) is 0 Å². The fourth-order valence-corrected chi connectivity index (χ4v) is 4.72. The van der Waals surface area contributed by atoms with Gasteiger partial charge in [0.05, 0.1) is 17.0 Å². The van der Waals surface area contributed by atoms with Crippen molar-refractivity contribution < 1.29 is 33.6 Å². The molecule has 9 heteroatoms. The van der Waals surface area contributed by atoms with E-state index in [4.69, 9.17) is 30.2 Å². The number of esters is 1. The number of carbonyl (C=O) groups excluding carboxylic acids is 1. The van der Waals surface area contributed by atoms with Crippen LogP contribution < -0.4 is 19.6 Å². The Bertz CT molecular complexity index is 1550. The number of fused-ring (bicyclic) bond motifs is 4. The summed E-state index contributed by atoms with van der Waals surface area (Å²) in [6, 6.07) is 10.7. The average Bonchev–Trinajstić information content (AvgIpc) is 3.28. The summed E-state index contributed by atoms with van der Waals surface area (Å²) in [6.45, 7) is 0.0352. The predicted octanol–water partition coefficient (Wildman–Crippen LogP) is 4.69. The molecule has 1 aromatic heterocycles. The zero-order valence-electron chi connectivity index (χ0n) is 17.3. The van der Waals surface area contributed by atoms with E-state index in [1.807, 2.05) is 0 Å². The van der Waals surface area contributed by atoms with Crippen molar-refractivity contribution >= 4 is 28.5 Å². The molecule has 0 aliphatic carbocycles. The van der Waals surface area contributed by atoms with E-state index >= 15 is 0 Å². The monoisotopic (exact) mass is 478 g/mol. The van der Waals surface area contributed by atoms with Crippen LogP contribution >= 0.6 is 11.6 Å². The maximum absolute atomic E-state index is 13.4. The molecule has 170 valence electrons. The van der Waals surface area contributed by atoms with Crippen LogP contribution in [-0.2, 0) is 4.79 Å². The second kappa shape index (κ2) is 7.43. The first-order valence-electron chi connectivity index (χ1n) is 10.3. The molecule has 2 N–H and O–H groups in total.